The van der Waals surface area contributed by atoms with Gasteiger partial charge in [0, 0.05) is 114 Å². The summed E-state index contributed by atoms with van der Waals surface area (Å²) in [5.74, 6) is 0. The maximum absolute atomic E-state index is 11.2. The second kappa shape index (κ2) is 29.4. The first-order chi connectivity index (χ1) is 34.3. The van der Waals surface area contributed by atoms with Crippen molar-refractivity contribution in [2.75, 3.05) is 129 Å². The van der Waals surface area contributed by atoms with Gasteiger partial charge in [0.25, 0.3) is 10.1 Å². The molecule has 0 bridgehead atoms. The maximum Gasteiger partial charge on any atom is 0.264 e. The highest BCUT2D eigenvalue weighted by Gasteiger charge is 2.10. The molecule has 0 atom stereocenters. The van der Waals surface area contributed by atoms with Gasteiger partial charge in [0.2, 0.25) is 9.05 Å². The largest absolute Gasteiger partial charge is 0.396 e. The molecule has 3 N–H and O–H groups in total. The Morgan fingerprint density at radius 1 is 0.850 bits per heavy atom. The molecule has 13 nitrogen and oxygen atoms in total. The van der Waals surface area contributed by atoms with Crippen LogP contribution in [0, 0.1) is 0 Å². The number of aliphatic hydroxyl groups is 2. The van der Waals surface area contributed by atoms with Crippen molar-refractivity contribution in [3.8, 4) is 0 Å². The van der Waals surface area contributed by atoms with E-state index < -0.39 is 164 Å². The van der Waals surface area contributed by atoms with Crippen molar-refractivity contribution < 1.29 is 103 Å². The molecule has 0 aromatic carbocycles. The van der Waals surface area contributed by atoms with E-state index in [0.29, 0.717) is 6.26 Å². The number of halogens is 2. The van der Waals surface area contributed by atoms with Gasteiger partial charge < -0.3 is 29.7 Å². The number of ether oxygens (including phenoxy) is 3. The summed E-state index contributed by atoms with van der Waals surface area (Å²) in [6.45, 7) is -60.9. The Labute approximate surface area is 313 Å². The molecule has 3 saturated heterocycles. The molecule has 0 aliphatic carbocycles. The molecule has 3 aliphatic heterocycles. The molecule has 3 aliphatic rings. The molecule has 0 amide bonds. The summed E-state index contributed by atoms with van der Waals surface area (Å²) >= 11 is 2.29. The van der Waals surface area contributed by atoms with Gasteiger partial charge in [-0.15, -0.1) is 0 Å². The zero-order chi connectivity index (χ0) is 68.2. The molecule has 0 aromatic heterocycles. The first kappa shape index (κ1) is 9.66. The fourth-order valence-electron chi connectivity index (χ4n) is 0.929. The third kappa shape index (κ3) is 40.4. The van der Waals surface area contributed by atoms with Crippen LogP contribution >= 0.6 is 26.6 Å². The summed E-state index contributed by atoms with van der Waals surface area (Å²) in [6, 6.07) is 0. The van der Waals surface area contributed by atoms with Crippen LogP contribution < -0.4 is 5.32 Å². The highest BCUT2D eigenvalue weighted by atomic mass is 79.9. The molecule has 0 saturated carbocycles. The van der Waals surface area contributed by atoms with E-state index in [1.165, 1.54) is 0 Å². The van der Waals surface area contributed by atoms with Crippen molar-refractivity contribution in [3.05, 3.63) is 0 Å². The van der Waals surface area contributed by atoms with Gasteiger partial charge in [-0.25, -0.2) is 8.42 Å². The second-order valence-corrected chi connectivity index (χ2v) is 9.92. The zero-order valence-electron chi connectivity index (χ0n) is 61.6. The highest BCUT2D eigenvalue weighted by Crippen LogP contribution is 1.99. The number of rotatable bonds is 10. The van der Waals surface area contributed by atoms with Gasteiger partial charge in [-0.05, 0) is 19.1 Å². The lowest BCUT2D eigenvalue weighted by atomic mass is 10.3. The van der Waals surface area contributed by atoms with E-state index in [4.69, 9.17) is 62.7 Å². The van der Waals surface area contributed by atoms with Crippen LogP contribution in [0.1, 0.15) is 76.7 Å². The maximum atomic E-state index is 11.2. The number of hydrogen-bond donors (Lipinski definition) is 3. The normalized spacial score (nSPS) is 52.2. The predicted molar refractivity (Wildman–Crippen MR) is 162 cm³/mol. The van der Waals surface area contributed by atoms with E-state index in [0.717, 1.165) is 6.26 Å². The van der Waals surface area contributed by atoms with Gasteiger partial charge in [0.1, 0.15) is 0 Å². The average Bonchev–Trinajstić information content (AvgIpc) is 3.08. The minimum Gasteiger partial charge on any atom is -0.396 e. The number of nitrogens with one attached hydrogen (secondary N) is 1. The Morgan fingerprint density at radius 2 is 1.25 bits per heavy atom. The van der Waals surface area contributed by atoms with Crippen molar-refractivity contribution in [2.45, 2.75) is 19.1 Å². The molecule has 17 heteroatoms. The molecular formula is C23H51BrClN3O10S2. The van der Waals surface area contributed by atoms with Gasteiger partial charge in [-0.1, -0.05) is 15.9 Å². The van der Waals surface area contributed by atoms with Gasteiger partial charge in [-0.2, -0.15) is 8.42 Å². The lowest BCUT2D eigenvalue weighted by Gasteiger charge is -2.26. The van der Waals surface area contributed by atoms with Crippen molar-refractivity contribution in [3.63, 3.8) is 0 Å². The molecule has 0 spiro atoms. The van der Waals surface area contributed by atoms with Crippen LogP contribution in [0.25, 0.3) is 0 Å². The number of hydrogen-bond acceptors (Lipinski definition) is 13. The first-order valence-corrected chi connectivity index (χ1v) is 14.0. The van der Waals surface area contributed by atoms with Crippen LogP contribution in [0.4, 0.5) is 0 Å². The average molecular weight is 751 g/mol. The lowest BCUT2D eigenvalue weighted by Crippen LogP contribution is -2.37. The number of morpholine rings is 3. The summed E-state index contributed by atoms with van der Waals surface area (Å²) in [4.78, 5) is -1.59. The Morgan fingerprint density at radius 3 is 1.57 bits per heavy atom. The monoisotopic (exact) mass is 749 g/mol. The molecule has 0 unspecified atom stereocenters. The Hall–Kier alpha value is 0.310. The first-order valence-electron chi connectivity index (χ1n) is 29.7. The molecule has 3 rings (SSSR count). The van der Waals surface area contributed by atoms with Crippen LogP contribution in [-0.2, 0) is 37.6 Å². The molecule has 40 heavy (non-hydrogen) atoms. The number of alkyl halides is 1. The van der Waals surface area contributed by atoms with Crippen molar-refractivity contribution in [1.29, 1.82) is 0 Å². The van der Waals surface area contributed by atoms with Gasteiger partial charge >= 0.3 is 0 Å². The van der Waals surface area contributed by atoms with E-state index in [-0.39, 0.29) is 0 Å². The summed E-state index contributed by atoms with van der Waals surface area (Å²) in [5.41, 5.74) is 0. The van der Waals surface area contributed by atoms with Gasteiger partial charge in [0.05, 0.1) is 83.1 Å². The van der Waals surface area contributed by atoms with Crippen LogP contribution in [0.5, 0.6) is 0 Å². The van der Waals surface area contributed by atoms with Crippen LogP contribution in [0.2, 0.25) is 0 Å². The fourth-order valence-corrected chi connectivity index (χ4v) is 1.21. The highest BCUT2D eigenvalue weighted by molar-refractivity contribution is 9.09. The Bertz CT molecular complexity index is 2340. The number of nitrogens with zero attached hydrogens (tertiary/aromatic N) is 2. The smallest absolute Gasteiger partial charge is 0.264 e. The van der Waals surface area contributed by atoms with Crippen molar-refractivity contribution in [1.82, 2.24) is 15.1 Å². The third-order valence-corrected chi connectivity index (χ3v) is 2.49. The third-order valence-electron chi connectivity index (χ3n) is 1.90. The summed E-state index contributed by atoms with van der Waals surface area (Å²) in [5, 5.41) is 16.8. The van der Waals surface area contributed by atoms with E-state index in [2.05, 4.69) is 45.0 Å². The quantitative estimate of drug-likeness (QED) is 0.155. The van der Waals surface area contributed by atoms with Crippen molar-refractivity contribution in [2.24, 2.45) is 0 Å². The van der Waals surface area contributed by atoms with E-state index >= 15 is 0 Å². The lowest BCUT2D eigenvalue weighted by molar-refractivity contribution is 0.0353. The van der Waals surface area contributed by atoms with Crippen LogP contribution in [0.3, 0.4) is 0 Å². The second-order valence-electron chi connectivity index (χ2n) is 4.90. The van der Waals surface area contributed by atoms with Crippen molar-refractivity contribution >= 4 is 45.8 Å². The van der Waals surface area contributed by atoms with E-state index in [9.17, 15) is 21.9 Å². The Balaban J connectivity index is 0. The minimum atomic E-state index is -4.72. The standard InChI is InChI=1S/C8H17NO4S.C7H15NO2.C4H9NO.C3H7BrO.CH3ClO2S/c1-14(10,11)13-6-2-3-9-4-7-12-8-5-9;9-5-1-2-8-3-6-10-7-4-8;1-3-6-4-2-5-1;4-2-1-3-5;1-5(2,3)4/h2-8H2,1H3;9H,1-7H2;5H,1-4H2;5H,1-3H2;1H3/i2D2,3D2,4D2,5D2,6D2,7D2,8D2;1D2,2D2,3D2,4D2,5D2,6D2,7D2;1D2,2D2,3D2,4D2;1D2,2D2,3D2;. The van der Waals surface area contributed by atoms with Gasteiger partial charge in [0.15, 0.2) is 0 Å². The van der Waals surface area contributed by atoms with E-state index in [1.807, 2.05) is 0 Å². The van der Waals surface area contributed by atoms with E-state index in [1.54, 1.807) is 5.32 Å². The Kier molecular flexibility index (Phi) is 7.09. The van der Waals surface area contributed by atoms with Gasteiger partial charge in [-0.3, -0.25) is 14.0 Å². The molecule has 3 heterocycles. The molecular weight excluding hydrogens is 658 g/mol. The predicted octanol–water partition coefficient (Wildman–Crippen LogP) is -0.0594. The fraction of sp³-hybridized carbons (Fsp3) is 1.00. The molecule has 244 valence electrons. The molecule has 0 aromatic rings. The summed E-state index contributed by atoms with van der Waals surface area (Å²) in [6.07, 6.45) is -9.90. The summed E-state index contributed by atoms with van der Waals surface area (Å²) in [7, 11) is -3.41. The topological polar surface area (TPSA) is 164 Å². The van der Waals surface area contributed by atoms with Crippen LogP contribution in [-0.4, -0.2) is 166 Å². The van der Waals surface area contributed by atoms with Crippen LogP contribution in [0.15, 0.2) is 0 Å². The minimum absolute atomic E-state index is 0.320. The zero-order valence-corrected chi connectivity index (χ0v) is 23.6. The molecule has 0 radical (unpaired) electrons. The SMILES string of the molecule is CS(=O)(=O)Cl.[2H]C([2H])(O)C([2H])([2H])C([2H])([2H])Br.[2H]C([2H])(O)C([2H])([2H])C([2H])([2H])N1C([2H])([2H])C([2H])([2H])OC([2H])([2H])C1([2H])[2H].[2H]C1([2H])NC([2H])([2H])C([2H])([2H])OC1([2H])[2H].[2H]C1([2H])OC([2H])([2H])C([2H])([2H])N(C([2H])([2H])C([2H])([2H])C([2H])([2H])OS(C)(=O)=O)C1([2H])[2H]. The molecule has 3 fully saturated rings. The summed E-state index contributed by atoms with van der Waals surface area (Å²) < 4.78 is 366.